The van der Waals surface area contributed by atoms with Gasteiger partial charge in [0.1, 0.15) is 0 Å². The summed E-state index contributed by atoms with van der Waals surface area (Å²) in [6, 6.07) is 17.6. The summed E-state index contributed by atoms with van der Waals surface area (Å²) in [4.78, 5) is 3.82. The number of benzene rings is 2. The van der Waals surface area contributed by atoms with Crippen LogP contribution in [0.4, 0.5) is 5.69 Å². The Kier molecular flexibility index (Phi) is 2.97. The molecule has 2 aromatic carbocycles. The summed E-state index contributed by atoms with van der Waals surface area (Å²) >= 11 is 0. The van der Waals surface area contributed by atoms with E-state index in [1.54, 1.807) is 0 Å². The van der Waals surface area contributed by atoms with E-state index in [0.29, 0.717) is 5.69 Å². The van der Waals surface area contributed by atoms with Crippen molar-refractivity contribution >= 4 is 5.69 Å². The van der Waals surface area contributed by atoms with Gasteiger partial charge in [0.2, 0.25) is 0 Å². The van der Waals surface area contributed by atoms with Crippen molar-refractivity contribution in [3.05, 3.63) is 54.6 Å². The van der Waals surface area contributed by atoms with E-state index < -0.39 is 0 Å². The lowest BCUT2D eigenvalue weighted by molar-refractivity contribution is -0.215. The molecule has 2 rings (SSSR count). The molecule has 0 spiro atoms. The van der Waals surface area contributed by atoms with Gasteiger partial charge in [0, 0.05) is 0 Å². The van der Waals surface area contributed by atoms with Gasteiger partial charge in [-0.15, -0.1) is 4.99 Å². The van der Waals surface area contributed by atoms with Gasteiger partial charge in [0.05, 0.1) is 5.69 Å². The first-order valence-electron chi connectivity index (χ1n) is 4.62. The first-order chi connectivity index (χ1) is 7.40. The van der Waals surface area contributed by atoms with Crippen molar-refractivity contribution < 1.29 is 10.2 Å². The minimum absolute atomic E-state index is 0.706. The largest absolute Gasteiger partial charge is 0.236 e. The van der Waals surface area contributed by atoms with Crippen molar-refractivity contribution in [2.45, 2.75) is 0 Å². The van der Waals surface area contributed by atoms with Crippen molar-refractivity contribution in [1.82, 2.24) is 0 Å². The molecule has 15 heavy (non-hydrogen) atoms. The topological polar surface area (TPSA) is 41.5 Å². The molecule has 0 atom stereocenters. The molecule has 2 aromatic rings. The van der Waals surface area contributed by atoms with Crippen molar-refractivity contribution in [2.24, 2.45) is 0 Å². The molecule has 0 aliphatic carbocycles. The van der Waals surface area contributed by atoms with E-state index in [4.69, 9.17) is 5.26 Å². The first-order valence-corrected chi connectivity index (χ1v) is 4.62. The van der Waals surface area contributed by atoms with Crippen LogP contribution in [0, 0.1) is 0 Å². The number of hydrogen-bond acceptors (Lipinski definition) is 3. The van der Waals surface area contributed by atoms with E-state index in [9.17, 15) is 0 Å². The summed E-state index contributed by atoms with van der Waals surface area (Å²) in [5.74, 6) is 0. The third-order valence-electron chi connectivity index (χ3n) is 2.16. The Morgan fingerprint density at radius 1 is 0.800 bits per heavy atom. The lowest BCUT2D eigenvalue weighted by Gasteiger charge is -2.03. The molecular weight excluding hydrogens is 190 g/mol. The summed E-state index contributed by atoms with van der Waals surface area (Å²) in [5.41, 5.74) is 5.33. The van der Waals surface area contributed by atoms with Gasteiger partial charge >= 0.3 is 0 Å². The molecule has 0 bridgehead atoms. The normalized spacial score (nSPS) is 9.93. The van der Waals surface area contributed by atoms with Gasteiger partial charge < -0.3 is 0 Å². The maximum absolute atomic E-state index is 8.19. The maximum Gasteiger partial charge on any atom is 0.0635 e. The molecule has 0 aliphatic heterocycles. The van der Waals surface area contributed by atoms with Crippen LogP contribution in [-0.4, -0.2) is 5.26 Å². The SMILES string of the molecule is OONc1ccc(-c2ccccc2)cc1. The van der Waals surface area contributed by atoms with Gasteiger partial charge in [-0.2, -0.15) is 0 Å². The third kappa shape index (κ3) is 2.34. The summed E-state index contributed by atoms with van der Waals surface area (Å²) < 4.78 is 0. The average molecular weight is 201 g/mol. The second-order valence-electron chi connectivity index (χ2n) is 3.14. The highest BCUT2D eigenvalue weighted by atomic mass is 17.2. The minimum Gasteiger partial charge on any atom is -0.236 e. The molecule has 0 saturated carbocycles. The Hall–Kier alpha value is -1.84. The number of rotatable bonds is 3. The van der Waals surface area contributed by atoms with E-state index in [0.717, 1.165) is 11.1 Å². The number of hydrogen-bond donors (Lipinski definition) is 2. The Bertz CT molecular complexity index is 411. The van der Waals surface area contributed by atoms with Crippen molar-refractivity contribution in [3.8, 4) is 11.1 Å². The van der Waals surface area contributed by atoms with E-state index in [2.05, 4.69) is 10.5 Å². The van der Waals surface area contributed by atoms with Crippen LogP contribution in [0.3, 0.4) is 0 Å². The van der Waals surface area contributed by atoms with Crippen LogP contribution in [0.5, 0.6) is 0 Å². The maximum atomic E-state index is 8.19. The van der Waals surface area contributed by atoms with Crippen molar-refractivity contribution in [1.29, 1.82) is 0 Å². The predicted molar refractivity (Wildman–Crippen MR) is 59.2 cm³/mol. The fourth-order valence-corrected chi connectivity index (χ4v) is 1.41. The monoisotopic (exact) mass is 201 g/mol. The fourth-order valence-electron chi connectivity index (χ4n) is 1.41. The van der Waals surface area contributed by atoms with Crippen LogP contribution < -0.4 is 5.48 Å². The molecule has 0 unspecified atom stereocenters. The second-order valence-corrected chi connectivity index (χ2v) is 3.14. The van der Waals surface area contributed by atoms with Crippen molar-refractivity contribution in [2.75, 3.05) is 5.48 Å². The second kappa shape index (κ2) is 4.59. The molecule has 0 fully saturated rings. The molecule has 0 radical (unpaired) electrons. The molecule has 2 N–H and O–H groups in total. The van der Waals surface area contributed by atoms with Crippen molar-refractivity contribution in [3.63, 3.8) is 0 Å². The van der Waals surface area contributed by atoms with Crippen LogP contribution in [0.1, 0.15) is 0 Å². The summed E-state index contributed by atoms with van der Waals surface area (Å²) in [7, 11) is 0. The Balaban J connectivity index is 2.24. The highest BCUT2D eigenvalue weighted by Crippen LogP contribution is 2.20. The van der Waals surface area contributed by atoms with Gasteiger partial charge in [-0.1, -0.05) is 42.5 Å². The zero-order valence-corrected chi connectivity index (χ0v) is 8.05. The smallest absolute Gasteiger partial charge is 0.0635 e. The highest BCUT2D eigenvalue weighted by Gasteiger charge is 1.96. The molecule has 0 aromatic heterocycles. The van der Waals surface area contributed by atoms with E-state index in [1.165, 1.54) is 0 Å². The highest BCUT2D eigenvalue weighted by molar-refractivity contribution is 5.65. The van der Waals surface area contributed by atoms with E-state index in [-0.39, 0.29) is 0 Å². The number of nitrogens with one attached hydrogen (secondary N) is 1. The molecule has 3 heteroatoms. The predicted octanol–water partition coefficient (Wildman–Crippen LogP) is 3.17. The molecule has 0 saturated heterocycles. The Morgan fingerprint density at radius 3 is 2.00 bits per heavy atom. The van der Waals surface area contributed by atoms with E-state index >= 15 is 0 Å². The molecule has 76 valence electrons. The zero-order chi connectivity index (χ0) is 10.5. The Labute approximate surface area is 87.8 Å². The Morgan fingerprint density at radius 2 is 1.40 bits per heavy atom. The summed E-state index contributed by atoms with van der Waals surface area (Å²) in [6.45, 7) is 0. The van der Waals surface area contributed by atoms with Crippen LogP contribution in [0.2, 0.25) is 0 Å². The van der Waals surface area contributed by atoms with Crippen LogP contribution in [0.15, 0.2) is 54.6 Å². The van der Waals surface area contributed by atoms with Gasteiger partial charge in [0.25, 0.3) is 0 Å². The van der Waals surface area contributed by atoms with Gasteiger partial charge in [-0.05, 0) is 23.3 Å². The molecule has 0 amide bonds. The quantitative estimate of drug-likeness (QED) is 0.592. The van der Waals surface area contributed by atoms with Gasteiger partial charge in [-0.3, -0.25) is 0 Å². The molecule has 0 heterocycles. The lowest BCUT2D eigenvalue weighted by atomic mass is 10.1. The van der Waals surface area contributed by atoms with Crippen LogP contribution in [-0.2, 0) is 4.99 Å². The summed E-state index contributed by atoms with van der Waals surface area (Å²) in [6.07, 6.45) is 0. The van der Waals surface area contributed by atoms with Gasteiger partial charge in [-0.25, -0.2) is 10.7 Å². The van der Waals surface area contributed by atoms with Crippen LogP contribution in [0.25, 0.3) is 11.1 Å². The van der Waals surface area contributed by atoms with E-state index in [1.807, 2.05) is 54.6 Å². The lowest BCUT2D eigenvalue weighted by Crippen LogP contribution is -1.95. The fraction of sp³-hybridized carbons (Fsp3) is 0. The minimum atomic E-state index is 0.706. The molecule has 0 aliphatic rings. The number of anilines is 1. The zero-order valence-electron chi connectivity index (χ0n) is 8.05. The third-order valence-corrected chi connectivity index (χ3v) is 2.16. The molecule has 3 nitrogen and oxygen atoms in total. The molecular formula is C12H11NO2. The average Bonchev–Trinajstić information content (AvgIpc) is 2.32. The standard InChI is InChI=1S/C12H11NO2/c14-15-13-12-8-6-11(7-9-12)10-4-2-1-3-5-10/h1-9,13-14H. The summed E-state index contributed by atoms with van der Waals surface area (Å²) in [5, 5.41) is 8.19. The van der Waals surface area contributed by atoms with Gasteiger partial charge in [0.15, 0.2) is 0 Å². The first kappa shape index (κ1) is 9.71. The van der Waals surface area contributed by atoms with Crippen LogP contribution >= 0.6 is 0 Å².